The number of nitrogens with zero attached hydrogens (tertiary/aromatic N) is 2. The van der Waals surface area contributed by atoms with Crippen LogP contribution in [0.25, 0.3) is 0 Å². The molecule has 1 aromatic heterocycles. The molecule has 0 aliphatic heterocycles. The molecule has 0 saturated carbocycles. The maximum atomic E-state index is 11.8. The van der Waals surface area contributed by atoms with Crippen molar-refractivity contribution in [3.8, 4) is 6.01 Å². The molecule has 2 aromatic rings. The third-order valence-corrected chi connectivity index (χ3v) is 2.20. The number of carbonyl (C=O) groups excluding carboxylic acids is 1. The maximum Gasteiger partial charge on any atom is 0.316 e. The molecule has 1 aromatic carbocycles. The average Bonchev–Trinajstić information content (AvgIpc) is 2.42. The zero-order valence-electron chi connectivity index (χ0n) is 9.96. The Bertz CT molecular complexity index is 512. The van der Waals surface area contributed by atoms with E-state index in [9.17, 15) is 4.79 Å². The highest BCUT2D eigenvalue weighted by Gasteiger charge is 2.05. The highest BCUT2D eigenvalue weighted by atomic mass is 16.5. The first-order valence-electron chi connectivity index (χ1n) is 5.61. The molecule has 1 amide bonds. The molecule has 18 heavy (non-hydrogen) atoms. The van der Waals surface area contributed by atoms with Crippen molar-refractivity contribution >= 4 is 11.6 Å². The van der Waals surface area contributed by atoms with Crippen LogP contribution in [0.2, 0.25) is 0 Å². The van der Waals surface area contributed by atoms with Crippen LogP contribution in [0.3, 0.4) is 0 Å². The average molecular weight is 243 g/mol. The zero-order chi connectivity index (χ0) is 12.8. The smallest absolute Gasteiger partial charge is 0.316 e. The third kappa shape index (κ3) is 3.04. The number of hydrogen-bond donors (Lipinski definition) is 1. The predicted molar refractivity (Wildman–Crippen MR) is 67.6 cm³/mol. The molecule has 5 heteroatoms. The SMILES string of the molecule is CCOc1ncc(NC(=O)c2ccccc2)cn1. The lowest BCUT2D eigenvalue weighted by Gasteiger charge is -2.05. The third-order valence-electron chi connectivity index (χ3n) is 2.20. The molecule has 0 aliphatic carbocycles. The van der Waals surface area contributed by atoms with E-state index < -0.39 is 0 Å². The van der Waals surface area contributed by atoms with Gasteiger partial charge < -0.3 is 10.1 Å². The van der Waals surface area contributed by atoms with E-state index in [-0.39, 0.29) is 5.91 Å². The van der Waals surface area contributed by atoms with Crippen molar-refractivity contribution in [2.45, 2.75) is 6.92 Å². The van der Waals surface area contributed by atoms with Crippen LogP contribution in [0.15, 0.2) is 42.7 Å². The van der Waals surface area contributed by atoms with Gasteiger partial charge in [0.15, 0.2) is 0 Å². The molecule has 1 N–H and O–H groups in total. The Kier molecular flexibility index (Phi) is 3.86. The fraction of sp³-hybridized carbons (Fsp3) is 0.154. The lowest BCUT2D eigenvalue weighted by Crippen LogP contribution is -2.12. The second-order valence-corrected chi connectivity index (χ2v) is 3.51. The fourth-order valence-corrected chi connectivity index (χ4v) is 1.38. The van der Waals surface area contributed by atoms with E-state index in [1.165, 1.54) is 12.4 Å². The second-order valence-electron chi connectivity index (χ2n) is 3.51. The number of rotatable bonds is 4. The molecule has 0 aliphatic rings. The van der Waals surface area contributed by atoms with Gasteiger partial charge in [0.25, 0.3) is 5.91 Å². The normalized spacial score (nSPS) is 9.83. The second kappa shape index (κ2) is 5.77. The summed E-state index contributed by atoms with van der Waals surface area (Å²) in [6, 6.07) is 9.26. The van der Waals surface area contributed by atoms with E-state index in [1.807, 2.05) is 25.1 Å². The predicted octanol–water partition coefficient (Wildman–Crippen LogP) is 2.13. The number of amides is 1. The molecule has 0 atom stereocenters. The maximum absolute atomic E-state index is 11.8. The molecule has 2 rings (SSSR count). The lowest BCUT2D eigenvalue weighted by molar-refractivity contribution is 0.102. The summed E-state index contributed by atoms with van der Waals surface area (Å²) in [5.41, 5.74) is 1.12. The molecule has 0 unspecified atom stereocenters. The first-order valence-corrected chi connectivity index (χ1v) is 5.61. The molecule has 0 saturated heterocycles. The summed E-state index contributed by atoms with van der Waals surface area (Å²) in [6.07, 6.45) is 3.03. The lowest BCUT2D eigenvalue weighted by atomic mass is 10.2. The van der Waals surface area contributed by atoms with Crippen molar-refractivity contribution < 1.29 is 9.53 Å². The van der Waals surface area contributed by atoms with Crippen molar-refractivity contribution in [3.63, 3.8) is 0 Å². The van der Waals surface area contributed by atoms with Gasteiger partial charge in [0, 0.05) is 5.56 Å². The fourth-order valence-electron chi connectivity index (χ4n) is 1.38. The van der Waals surface area contributed by atoms with Crippen LogP contribution in [0.4, 0.5) is 5.69 Å². The molecule has 1 heterocycles. The quantitative estimate of drug-likeness (QED) is 0.893. The Morgan fingerprint density at radius 2 is 1.89 bits per heavy atom. The van der Waals surface area contributed by atoms with Crippen molar-refractivity contribution in [2.75, 3.05) is 11.9 Å². The van der Waals surface area contributed by atoms with Gasteiger partial charge in [0.2, 0.25) is 0 Å². The topological polar surface area (TPSA) is 64.1 Å². The van der Waals surface area contributed by atoms with Crippen LogP contribution < -0.4 is 10.1 Å². The Hall–Kier alpha value is -2.43. The number of anilines is 1. The van der Waals surface area contributed by atoms with Crippen LogP contribution in [0, 0.1) is 0 Å². The van der Waals surface area contributed by atoms with Gasteiger partial charge in [-0.15, -0.1) is 0 Å². The summed E-state index contributed by atoms with van der Waals surface area (Å²) in [7, 11) is 0. The molecule has 5 nitrogen and oxygen atoms in total. The van der Waals surface area contributed by atoms with E-state index >= 15 is 0 Å². The Morgan fingerprint density at radius 1 is 1.22 bits per heavy atom. The van der Waals surface area contributed by atoms with Crippen LogP contribution in [-0.4, -0.2) is 22.5 Å². The standard InChI is InChI=1S/C13H13N3O2/c1-2-18-13-14-8-11(9-15-13)16-12(17)10-6-4-3-5-7-10/h3-9H,2H2,1H3,(H,16,17). The number of ether oxygens (including phenoxy) is 1. The van der Waals surface area contributed by atoms with Gasteiger partial charge in [-0.25, -0.2) is 9.97 Å². The van der Waals surface area contributed by atoms with Gasteiger partial charge in [-0.05, 0) is 19.1 Å². The minimum absolute atomic E-state index is 0.191. The molecule has 92 valence electrons. The van der Waals surface area contributed by atoms with Crippen LogP contribution in [0.1, 0.15) is 17.3 Å². The van der Waals surface area contributed by atoms with Crippen LogP contribution in [-0.2, 0) is 0 Å². The van der Waals surface area contributed by atoms with E-state index in [0.29, 0.717) is 23.9 Å². The van der Waals surface area contributed by atoms with Crippen molar-refractivity contribution in [2.24, 2.45) is 0 Å². The van der Waals surface area contributed by atoms with Crippen molar-refractivity contribution in [1.82, 2.24) is 9.97 Å². The number of hydrogen-bond acceptors (Lipinski definition) is 4. The Balaban J connectivity index is 2.03. The first-order chi connectivity index (χ1) is 8.79. The molecule has 0 fully saturated rings. The van der Waals surface area contributed by atoms with E-state index in [1.54, 1.807) is 12.1 Å². The summed E-state index contributed by atoms with van der Waals surface area (Å²) in [5.74, 6) is -0.191. The van der Waals surface area contributed by atoms with Crippen molar-refractivity contribution in [1.29, 1.82) is 0 Å². The summed E-state index contributed by atoms with van der Waals surface area (Å²) in [6.45, 7) is 2.37. The number of nitrogens with one attached hydrogen (secondary N) is 1. The highest BCUT2D eigenvalue weighted by molar-refractivity contribution is 6.04. The van der Waals surface area contributed by atoms with Gasteiger partial charge in [-0.2, -0.15) is 0 Å². The highest BCUT2D eigenvalue weighted by Crippen LogP contribution is 2.09. The molecule has 0 spiro atoms. The minimum Gasteiger partial charge on any atom is -0.464 e. The zero-order valence-corrected chi connectivity index (χ0v) is 9.96. The van der Waals surface area contributed by atoms with Gasteiger partial charge in [0.1, 0.15) is 0 Å². The Morgan fingerprint density at radius 3 is 2.50 bits per heavy atom. The molecular formula is C13H13N3O2. The van der Waals surface area contributed by atoms with E-state index in [2.05, 4.69) is 15.3 Å². The van der Waals surface area contributed by atoms with Gasteiger partial charge in [-0.1, -0.05) is 18.2 Å². The van der Waals surface area contributed by atoms with E-state index in [4.69, 9.17) is 4.74 Å². The molecule has 0 radical (unpaired) electrons. The molecule has 0 bridgehead atoms. The van der Waals surface area contributed by atoms with Gasteiger partial charge in [-0.3, -0.25) is 4.79 Å². The monoisotopic (exact) mass is 243 g/mol. The van der Waals surface area contributed by atoms with Crippen LogP contribution in [0.5, 0.6) is 6.01 Å². The van der Waals surface area contributed by atoms with Gasteiger partial charge >= 0.3 is 6.01 Å². The summed E-state index contributed by atoms with van der Waals surface area (Å²) in [4.78, 5) is 19.8. The summed E-state index contributed by atoms with van der Waals surface area (Å²) < 4.78 is 5.12. The van der Waals surface area contributed by atoms with E-state index in [0.717, 1.165) is 0 Å². The Labute approximate surface area is 105 Å². The summed E-state index contributed by atoms with van der Waals surface area (Å²) >= 11 is 0. The first kappa shape index (κ1) is 12.0. The number of benzene rings is 1. The van der Waals surface area contributed by atoms with Crippen LogP contribution >= 0.6 is 0 Å². The largest absolute Gasteiger partial charge is 0.464 e. The number of carbonyl (C=O) groups is 1. The summed E-state index contributed by atoms with van der Waals surface area (Å²) in [5, 5.41) is 2.71. The van der Waals surface area contributed by atoms with Crippen molar-refractivity contribution in [3.05, 3.63) is 48.3 Å². The molecular weight excluding hydrogens is 230 g/mol. The number of aromatic nitrogens is 2. The minimum atomic E-state index is -0.191. The van der Waals surface area contributed by atoms with Gasteiger partial charge in [0.05, 0.1) is 24.7 Å².